The Morgan fingerprint density at radius 3 is 3.21 bits per heavy atom. The van der Waals surface area contributed by atoms with E-state index in [2.05, 4.69) is 28.2 Å². The molecule has 1 aromatic heterocycles. The smallest absolute Gasteiger partial charge is 0.0617 e. The third kappa shape index (κ3) is 1.96. The van der Waals surface area contributed by atoms with Crippen LogP contribution >= 0.6 is 11.8 Å². The molecule has 3 nitrogen and oxygen atoms in total. The first-order chi connectivity index (χ1) is 6.81. The Balaban J connectivity index is 2.08. The van der Waals surface area contributed by atoms with Crippen LogP contribution in [0.5, 0.6) is 0 Å². The Kier molecular flexibility index (Phi) is 3.13. The van der Waals surface area contributed by atoms with Gasteiger partial charge in [-0.05, 0) is 26.1 Å². The van der Waals surface area contributed by atoms with E-state index in [9.17, 15) is 0 Å². The van der Waals surface area contributed by atoms with Crippen molar-refractivity contribution < 1.29 is 0 Å². The summed E-state index contributed by atoms with van der Waals surface area (Å²) < 4.78 is 2.13. The van der Waals surface area contributed by atoms with E-state index in [1.54, 1.807) is 0 Å². The molecule has 0 aromatic carbocycles. The lowest BCUT2D eigenvalue weighted by Gasteiger charge is -2.09. The molecular formula is C10H17N3S. The largest absolute Gasteiger partial charge is 0.313 e. The minimum Gasteiger partial charge on any atom is -0.313 e. The summed E-state index contributed by atoms with van der Waals surface area (Å²) in [6.45, 7) is 2.16. The summed E-state index contributed by atoms with van der Waals surface area (Å²) in [7, 11) is 1.98. The maximum Gasteiger partial charge on any atom is 0.0617 e. The highest BCUT2D eigenvalue weighted by molar-refractivity contribution is 7.99. The fraction of sp³-hybridized carbons (Fsp3) is 0.700. The van der Waals surface area contributed by atoms with Gasteiger partial charge in [0, 0.05) is 23.6 Å². The van der Waals surface area contributed by atoms with Crippen molar-refractivity contribution >= 4 is 11.8 Å². The van der Waals surface area contributed by atoms with Gasteiger partial charge in [0.25, 0.3) is 0 Å². The Morgan fingerprint density at radius 2 is 2.57 bits per heavy atom. The van der Waals surface area contributed by atoms with E-state index in [1.165, 1.54) is 23.5 Å². The molecule has 1 fully saturated rings. The molecule has 2 atom stereocenters. The first kappa shape index (κ1) is 10.1. The fourth-order valence-corrected chi connectivity index (χ4v) is 2.87. The number of nitrogens with one attached hydrogen (secondary N) is 1. The number of hydrogen-bond acceptors (Lipinski definition) is 3. The zero-order valence-electron chi connectivity index (χ0n) is 8.73. The van der Waals surface area contributed by atoms with Crippen LogP contribution in [0.4, 0.5) is 0 Å². The van der Waals surface area contributed by atoms with Gasteiger partial charge in [-0.3, -0.25) is 4.68 Å². The monoisotopic (exact) mass is 211 g/mol. The third-order valence-electron chi connectivity index (χ3n) is 2.83. The molecule has 0 spiro atoms. The van der Waals surface area contributed by atoms with Crippen LogP contribution < -0.4 is 5.32 Å². The molecule has 14 heavy (non-hydrogen) atoms. The van der Waals surface area contributed by atoms with Crippen molar-refractivity contribution in [3.8, 4) is 0 Å². The second-order valence-corrected chi connectivity index (χ2v) is 4.93. The van der Waals surface area contributed by atoms with Gasteiger partial charge in [0.1, 0.15) is 0 Å². The summed E-state index contributed by atoms with van der Waals surface area (Å²) in [5.74, 6) is 2.50. The van der Waals surface area contributed by atoms with Gasteiger partial charge in [0.15, 0.2) is 0 Å². The van der Waals surface area contributed by atoms with Crippen molar-refractivity contribution in [3.05, 3.63) is 18.0 Å². The highest BCUT2D eigenvalue weighted by Gasteiger charge is 2.18. The van der Waals surface area contributed by atoms with Crippen molar-refractivity contribution in [1.29, 1.82) is 0 Å². The molecule has 0 bridgehead atoms. The van der Waals surface area contributed by atoms with E-state index < -0.39 is 0 Å². The normalized spacial score (nSPS) is 24.0. The number of nitrogens with zero attached hydrogens (tertiary/aromatic N) is 2. The Hall–Kier alpha value is -0.480. The molecule has 1 aromatic rings. The molecule has 2 rings (SSSR count). The zero-order chi connectivity index (χ0) is 9.97. The van der Waals surface area contributed by atoms with Crippen LogP contribution in [-0.4, -0.2) is 28.3 Å². The van der Waals surface area contributed by atoms with Crippen molar-refractivity contribution in [3.63, 3.8) is 0 Å². The predicted octanol–water partition coefficient (Wildman–Crippen LogP) is 1.84. The van der Waals surface area contributed by atoms with E-state index >= 15 is 0 Å². The topological polar surface area (TPSA) is 29.9 Å². The third-order valence-corrected chi connectivity index (χ3v) is 3.98. The van der Waals surface area contributed by atoms with E-state index in [0.29, 0.717) is 12.1 Å². The molecule has 78 valence electrons. The van der Waals surface area contributed by atoms with Crippen LogP contribution in [0, 0.1) is 0 Å². The summed E-state index contributed by atoms with van der Waals surface area (Å²) >= 11 is 2.02. The fourth-order valence-electron chi connectivity index (χ4n) is 1.67. The zero-order valence-corrected chi connectivity index (χ0v) is 9.55. The van der Waals surface area contributed by atoms with Crippen LogP contribution in [0.2, 0.25) is 0 Å². The van der Waals surface area contributed by atoms with Gasteiger partial charge in [-0.2, -0.15) is 16.9 Å². The van der Waals surface area contributed by atoms with E-state index in [4.69, 9.17) is 0 Å². The lowest BCUT2D eigenvalue weighted by atomic mass is 10.2. The Morgan fingerprint density at radius 1 is 1.71 bits per heavy atom. The average Bonchev–Trinajstić information content (AvgIpc) is 2.86. The molecule has 2 heterocycles. The molecule has 2 unspecified atom stereocenters. The number of hydrogen-bond donors (Lipinski definition) is 1. The molecule has 1 aliphatic heterocycles. The highest BCUT2D eigenvalue weighted by atomic mass is 32.2. The van der Waals surface area contributed by atoms with Gasteiger partial charge in [0.05, 0.1) is 12.2 Å². The highest BCUT2D eigenvalue weighted by Crippen LogP contribution is 2.27. The summed E-state index contributed by atoms with van der Waals surface area (Å²) in [6.07, 6.45) is 5.42. The molecular weight excluding hydrogens is 194 g/mol. The number of aromatic nitrogens is 2. The summed E-state index contributed by atoms with van der Waals surface area (Å²) in [5, 5.41) is 7.66. The molecule has 1 aliphatic rings. The van der Waals surface area contributed by atoms with Crippen molar-refractivity contribution in [2.24, 2.45) is 0 Å². The lowest BCUT2D eigenvalue weighted by molar-refractivity contribution is 0.500. The van der Waals surface area contributed by atoms with Crippen LogP contribution in [0.15, 0.2) is 12.4 Å². The molecule has 1 saturated heterocycles. The lowest BCUT2D eigenvalue weighted by Crippen LogP contribution is -2.12. The van der Waals surface area contributed by atoms with Gasteiger partial charge in [-0.1, -0.05) is 0 Å². The van der Waals surface area contributed by atoms with Gasteiger partial charge < -0.3 is 5.32 Å². The summed E-state index contributed by atoms with van der Waals surface area (Å²) in [6, 6.07) is 1.02. The van der Waals surface area contributed by atoms with Crippen LogP contribution in [0.3, 0.4) is 0 Å². The quantitative estimate of drug-likeness (QED) is 0.827. The minimum absolute atomic E-state index is 0.401. The van der Waals surface area contributed by atoms with Crippen molar-refractivity contribution in [2.45, 2.75) is 25.4 Å². The predicted molar refractivity (Wildman–Crippen MR) is 60.7 cm³/mol. The molecule has 1 N–H and O–H groups in total. The van der Waals surface area contributed by atoms with Crippen LogP contribution in [0.25, 0.3) is 0 Å². The number of thioether (sulfide) groups is 1. The molecule has 0 radical (unpaired) electrons. The second-order valence-electron chi connectivity index (χ2n) is 3.78. The van der Waals surface area contributed by atoms with Gasteiger partial charge in [-0.15, -0.1) is 0 Å². The molecule has 0 amide bonds. The van der Waals surface area contributed by atoms with Gasteiger partial charge in [0.2, 0.25) is 0 Å². The SMILES string of the molecule is CNC(C)c1cnn(C2CCSC2)c1. The maximum atomic E-state index is 4.43. The molecule has 0 aliphatic carbocycles. The summed E-state index contributed by atoms with van der Waals surface area (Å²) in [4.78, 5) is 0. The minimum atomic E-state index is 0.401. The van der Waals surface area contributed by atoms with Crippen molar-refractivity contribution in [2.75, 3.05) is 18.6 Å². The van der Waals surface area contributed by atoms with Gasteiger partial charge >= 0.3 is 0 Å². The van der Waals surface area contributed by atoms with Crippen molar-refractivity contribution in [1.82, 2.24) is 15.1 Å². The van der Waals surface area contributed by atoms with E-state index in [0.717, 1.165) is 0 Å². The van der Waals surface area contributed by atoms with Crippen LogP contribution in [0.1, 0.15) is 31.0 Å². The average molecular weight is 211 g/mol. The first-order valence-electron chi connectivity index (χ1n) is 5.10. The molecule has 0 saturated carbocycles. The maximum absolute atomic E-state index is 4.43. The number of rotatable bonds is 3. The molecule has 4 heteroatoms. The summed E-state index contributed by atoms with van der Waals surface area (Å²) in [5.41, 5.74) is 1.28. The standard InChI is InChI=1S/C10H17N3S/c1-8(11-2)9-5-12-13(6-9)10-3-4-14-7-10/h5-6,8,10-11H,3-4,7H2,1-2H3. The van der Waals surface area contributed by atoms with E-state index in [1.807, 2.05) is 25.0 Å². The Bertz CT molecular complexity index is 291. The Labute approximate surface area is 89.3 Å². The second kappa shape index (κ2) is 4.36. The van der Waals surface area contributed by atoms with Gasteiger partial charge in [-0.25, -0.2) is 0 Å². The first-order valence-corrected chi connectivity index (χ1v) is 6.26. The van der Waals surface area contributed by atoms with Crippen LogP contribution in [-0.2, 0) is 0 Å². The van der Waals surface area contributed by atoms with E-state index in [-0.39, 0.29) is 0 Å².